The van der Waals surface area contributed by atoms with Crippen LogP contribution in [0.5, 0.6) is 0 Å². The van der Waals surface area contributed by atoms with Crippen LogP contribution >= 0.6 is 0 Å². The second-order valence-corrected chi connectivity index (χ2v) is 19.5. The number of aromatic nitrogens is 2. The number of benzene rings is 7. The van der Waals surface area contributed by atoms with Gasteiger partial charge in [-0.1, -0.05) is 95.1 Å². The number of nitrogens with zero attached hydrogens (tertiary/aromatic N) is 2. The number of hydrogen-bond acceptors (Lipinski definition) is 4. The van der Waals surface area contributed by atoms with E-state index in [-0.39, 0.29) is 9.79 Å². The van der Waals surface area contributed by atoms with Gasteiger partial charge in [-0.2, -0.15) is 26.0 Å². The van der Waals surface area contributed by atoms with E-state index in [1.807, 2.05) is 13.8 Å². The van der Waals surface area contributed by atoms with Crippen LogP contribution in [-0.4, -0.2) is 25.9 Å². The minimum Gasteiger partial charge on any atom is -0.282 e. The van der Waals surface area contributed by atoms with Crippen molar-refractivity contribution in [2.24, 2.45) is 0 Å². The third-order valence-corrected chi connectivity index (χ3v) is 13.6. The molecule has 0 spiro atoms. The lowest BCUT2D eigenvalue weighted by Crippen LogP contribution is -2.36. The Bertz CT molecular complexity index is 3250. The highest BCUT2D eigenvalue weighted by Gasteiger charge is 2.28. The SMILES string of the molecule is Cc1ccc(-c2cc(-c3ccc(-c4cc(-c5ccc(C)cc5)[n+](-c5ccc(C)cc5)c(-c5ccc(S(=O)(=O)O)cc5)c4)cc3)cc(-c3ccc(S(=O)(=O)O)cc3)[n+]2-c2ccc(C)cc2)cc1. The van der Waals surface area contributed by atoms with E-state index in [1.165, 1.54) is 24.3 Å². The van der Waals surface area contributed by atoms with Crippen molar-refractivity contribution >= 4 is 20.2 Å². The molecule has 326 valence electrons. The van der Waals surface area contributed by atoms with Crippen LogP contribution in [0, 0.1) is 27.7 Å². The van der Waals surface area contributed by atoms with Crippen LogP contribution < -0.4 is 9.13 Å². The third-order valence-electron chi connectivity index (χ3n) is 11.9. The van der Waals surface area contributed by atoms with Crippen LogP contribution in [-0.2, 0) is 20.2 Å². The molecule has 2 aromatic heterocycles. The van der Waals surface area contributed by atoms with E-state index in [9.17, 15) is 25.9 Å². The standard InChI is InChI=1S/C56H44N2O6S2/c1-37-5-13-43(14-6-37)53-33-47(35-55(57(53)49-25-9-39(3)10-26-49)45-21-29-51(30-22-45)65(59,60)61)41-17-19-42(20-18-41)48-34-54(44-15-7-38(2)8-16-44)58(50-27-11-40(4)12-28-50)56(36-48)46-23-31-52(32-24-46)66(62,63)64/h5-36H,1-4H3/p+2. The molecular weight excluding hydrogens is 861 g/mol. The second kappa shape index (κ2) is 17.6. The molecule has 0 aliphatic carbocycles. The number of rotatable bonds is 10. The van der Waals surface area contributed by atoms with Crippen LogP contribution in [0.3, 0.4) is 0 Å². The zero-order chi connectivity index (χ0) is 46.3. The smallest absolute Gasteiger partial charge is 0.282 e. The summed E-state index contributed by atoms with van der Waals surface area (Å²) in [6, 6.07) is 62.8. The molecule has 0 saturated heterocycles. The number of pyridine rings is 2. The van der Waals surface area contributed by atoms with Gasteiger partial charge in [0.1, 0.15) is 0 Å². The average molecular weight is 907 g/mol. The van der Waals surface area contributed by atoms with Crippen molar-refractivity contribution in [3.63, 3.8) is 0 Å². The highest BCUT2D eigenvalue weighted by atomic mass is 32.2. The fraction of sp³-hybridized carbons (Fsp3) is 0.0714. The first-order valence-electron chi connectivity index (χ1n) is 21.3. The fourth-order valence-corrected chi connectivity index (χ4v) is 9.18. The highest BCUT2D eigenvalue weighted by Crippen LogP contribution is 2.35. The Balaban J connectivity index is 1.24. The van der Waals surface area contributed by atoms with Gasteiger partial charge in [-0.3, -0.25) is 9.11 Å². The molecule has 7 aromatic carbocycles. The maximum absolute atomic E-state index is 12.1. The Kier molecular flexibility index (Phi) is 11.7. The summed E-state index contributed by atoms with van der Waals surface area (Å²) >= 11 is 0. The third kappa shape index (κ3) is 9.13. The molecule has 0 saturated carbocycles. The normalized spacial score (nSPS) is 11.7. The first kappa shape index (κ1) is 43.9. The molecule has 2 heterocycles. The van der Waals surface area contributed by atoms with Gasteiger partial charge in [-0.15, -0.1) is 0 Å². The molecule has 66 heavy (non-hydrogen) atoms. The minimum absolute atomic E-state index is 0.187. The first-order chi connectivity index (χ1) is 31.6. The van der Waals surface area contributed by atoms with Crippen molar-refractivity contribution in [1.29, 1.82) is 0 Å². The molecule has 9 rings (SSSR count). The summed E-state index contributed by atoms with van der Waals surface area (Å²) in [6.45, 7) is 8.20. The molecule has 0 fully saturated rings. The largest absolute Gasteiger partial charge is 0.294 e. The molecule has 8 nitrogen and oxygen atoms in total. The van der Waals surface area contributed by atoms with E-state index in [1.54, 1.807) is 24.3 Å². The van der Waals surface area contributed by atoms with Gasteiger partial charge in [0.2, 0.25) is 34.2 Å². The van der Waals surface area contributed by atoms with Crippen LogP contribution in [0.1, 0.15) is 22.3 Å². The Labute approximate surface area is 385 Å². The molecule has 0 aliphatic rings. The lowest BCUT2D eigenvalue weighted by atomic mass is 9.95. The Morgan fingerprint density at radius 1 is 0.288 bits per heavy atom. The maximum atomic E-state index is 12.1. The summed E-state index contributed by atoms with van der Waals surface area (Å²) < 4.78 is 72.4. The second-order valence-electron chi connectivity index (χ2n) is 16.7. The molecule has 0 unspecified atom stereocenters. The van der Waals surface area contributed by atoms with Crippen molar-refractivity contribution in [1.82, 2.24) is 0 Å². The summed E-state index contributed by atoms with van der Waals surface area (Å²) in [5.74, 6) is 0. The van der Waals surface area contributed by atoms with E-state index in [4.69, 9.17) is 0 Å². The van der Waals surface area contributed by atoms with Crippen molar-refractivity contribution < 1.29 is 35.1 Å². The first-order valence-corrected chi connectivity index (χ1v) is 24.2. The van der Waals surface area contributed by atoms with Crippen molar-refractivity contribution in [2.45, 2.75) is 37.5 Å². The summed E-state index contributed by atoms with van der Waals surface area (Å²) in [6.07, 6.45) is 0. The molecule has 0 aliphatic heterocycles. The van der Waals surface area contributed by atoms with Gasteiger partial charge in [0.05, 0.1) is 9.79 Å². The fourth-order valence-electron chi connectivity index (χ4n) is 8.22. The topological polar surface area (TPSA) is 116 Å². The van der Waals surface area contributed by atoms with Crippen LogP contribution in [0.2, 0.25) is 0 Å². The molecule has 0 bridgehead atoms. The molecular formula is C56H46N2O6S2+2. The molecule has 9 aromatic rings. The Morgan fingerprint density at radius 3 is 0.742 bits per heavy atom. The monoisotopic (exact) mass is 906 g/mol. The maximum Gasteiger partial charge on any atom is 0.294 e. The van der Waals surface area contributed by atoms with Gasteiger partial charge >= 0.3 is 0 Å². The van der Waals surface area contributed by atoms with Gasteiger partial charge in [-0.05, 0) is 123 Å². The molecule has 2 N–H and O–H groups in total. The molecule has 10 heteroatoms. The van der Waals surface area contributed by atoms with Gasteiger partial charge in [-0.25, -0.2) is 0 Å². The van der Waals surface area contributed by atoms with Crippen LogP contribution in [0.4, 0.5) is 0 Å². The van der Waals surface area contributed by atoms with Crippen molar-refractivity contribution in [2.75, 3.05) is 0 Å². The van der Waals surface area contributed by atoms with Gasteiger partial charge in [0.15, 0.2) is 0 Å². The molecule has 0 atom stereocenters. The Hall–Kier alpha value is -7.34. The minimum atomic E-state index is -4.41. The zero-order valence-electron chi connectivity index (χ0n) is 36.7. The summed E-state index contributed by atoms with van der Waals surface area (Å²) in [5.41, 5.74) is 17.0. The Morgan fingerprint density at radius 2 is 0.500 bits per heavy atom. The number of aryl methyl sites for hydroxylation is 4. The van der Waals surface area contributed by atoms with Crippen LogP contribution in [0.25, 0.3) is 78.7 Å². The van der Waals surface area contributed by atoms with Gasteiger partial charge in [0.25, 0.3) is 20.2 Å². The highest BCUT2D eigenvalue weighted by molar-refractivity contribution is 7.86. The lowest BCUT2D eigenvalue weighted by molar-refractivity contribution is -0.572. The van der Waals surface area contributed by atoms with Crippen molar-refractivity contribution in [3.8, 4) is 78.7 Å². The molecule has 0 amide bonds. The average Bonchev–Trinajstić information content (AvgIpc) is 3.31. The van der Waals surface area contributed by atoms with E-state index in [0.717, 1.165) is 101 Å². The van der Waals surface area contributed by atoms with E-state index in [0.29, 0.717) is 0 Å². The molecule has 0 radical (unpaired) electrons. The quantitative estimate of drug-likeness (QED) is 0.104. The summed E-state index contributed by atoms with van der Waals surface area (Å²) in [5, 5.41) is 0. The lowest BCUT2D eigenvalue weighted by Gasteiger charge is -2.14. The van der Waals surface area contributed by atoms with E-state index in [2.05, 4.69) is 169 Å². The van der Waals surface area contributed by atoms with Gasteiger partial charge < -0.3 is 0 Å². The van der Waals surface area contributed by atoms with Gasteiger partial charge in [0, 0.05) is 70.8 Å². The number of hydrogen-bond donors (Lipinski definition) is 2. The van der Waals surface area contributed by atoms with E-state index < -0.39 is 20.2 Å². The predicted molar refractivity (Wildman–Crippen MR) is 261 cm³/mol. The van der Waals surface area contributed by atoms with Crippen molar-refractivity contribution in [3.05, 3.63) is 216 Å². The zero-order valence-corrected chi connectivity index (χ0v) is 38.3. The predicted octanol–water partition coefficient (Wildman–Crippen LogP) is 12.0. The summed E-state index contributed by atoms with van der Waals surface area (Å²) in [7, 11) is -8.81. The summed E-state index contributed by atoms with van der Waals surface area (Å²) in [4.78, 5) is -0.375. The van der Waals surface area contributed by atoms with E-state index >= 15 is 0 Å². The van der Waals surface area contributed by atoms with Crippen LogP contribution in [0.15, 0.2) is 204 Å².